The van der Waals surface area contributed by atoms with Crippen LogP contribution in [0.15, 0.2) is 0 Å². The van der Waals surface area contributed by atoms with Crippen molar-refractivity contribution in [3.8, 4) is 9.94 Å². The van der Waals surface area contributed by atoms with E-state index in [1.54, 1.807) is 9.94 Å². The van der Waals surface area contributed by atoms with E-state index in [-0.39, 0.29) is 43.9 Å². The Kier molecular flexibility index (Phi) is 35.5. The Morgan fingerprint density at radius 1 is 1.14 bits per heavy atom. The first-order valence-corrected chi connectivity index (χ1v) is 2.57. The Hall–Kier alpha value is 0.719. The van der Waals surface area contributed by atoms with Gasteiger partial charge in [0.25, 0.3) is 0 Å². The van der Waals surface area contributed by atoms with Gasteiger partial charge in [0.2, 0.25) is 0 Å². The molecule has 0 heterocycles. The molecule has 3 N–H and O–H groups in total. The molecular weight excluding hydrogens is 185 g/mol. The molecule has 0 aromatic rings. The minimum Gasteiger partial charge on any atom is 0 e. The van der Waals surface area contributed by atoms with E-state index in [2.05, 4.69) is 0 Å². The molecule has 0 saturated heterocycles. The van der Waals surface area contributed by atoms with Gasteiger partial charge in [-0.1, -0.05) is 0 Å². The second-order valence-electron chi connectivity index (χ2n) is 0.285. The van der Waals surface area contributed by atoms with Gasteiger partial charge in [-0.25, -0.2) is 0 Å². The maximum atomic E-state index is 7.62. The first-order chi connectivity index (χ1) is 2.41. The Labute approximate surface area is 78.4 Å². The van der Waals surface area contributed by atoms with E-state index in [1.807, 2.05) is 0 Å². The minimum absolute atomic E-state index is 0. The van der Waals surface area contributed by atoms with Crippen LogP contribution in [0.3, 0.4) is 0 Å². The van der Waals surface area contributed by atoms with E-state index in [0.717, 1.165) is 0 Å². The summed E-state index contributed by atoms with van der Waals surface area (Å²) in [5, 5.41) is 15.2. The number of rotatable bonds is 0. The second-order valence-corrected chi connectivity index (χ2v) is 1.48. The zero-order chi connectivity index (χ0) is 4.12. The van der Waals surface area contributed by atoms with Gasteiger partial charge in [-0.05, 0) is 0 Å². The number of hydrogen-bond acceptors (Lipinski definition) is 3. The predicted molar refractivity (Wildman–Crippen MR) is 27.8 cm³/mol. The molecule has 7 heavy (non-hydrogen) atoms. The first kappa shape index (κ1) is 15.6. The fourth-order valence-electron chi connectivity index (χ4n) is 0.0204. The van der Waals surface area contributed by atoms with Crippen LogP contribution < -0.4 is 6.15 Å². The Morgan fingerprint density at radius 3 is 1.43 bits per heavy atom. The molecule has 0 unspecified atom stereocenters. The fraction of sp³-hybridized carbons (Fsp3) is 0. The van der Waals surface area contributed by atoms with E-state index in [4.69, 9.17) is 10.5 Å². The van der Waals surface area contributed by atoms with Crippen LogP contribution in [0, 0.1) is 20.5 Å². The van der Waals surface area contributed by atoms with Crippen molar-refractivity contribution in [2.24, 2.45) is 0 Å². The molecule has 0 aliphatic carbocycles. The van der Waals surface area contributed by atoms with Crippen molar-refractivity contribution in [1.82, 2.24) is 6.15 Å². The van der Waals surface area contributed by atoms with Gasteiger partial charge in [-0.3, -0.25) is 0 Å². The summed E-state index contributed by atoms with van der Waals surface area (Å²) in [4.78, 5) is 3.44. The van der Waals surface area contributed by atoms with Gasteiger partial charge in [0.15, 0.2) is 0 Å². The molecule has 0 aliphatic rings. The van der Waals surface area contributed by atoms with Crippen LogP contribution in [-0.2, 0) is 0 Å². The van der Waals surface area contributed by atoms with Gasteiger partial charge in [0, 0.05) is 37.7 Å². The summed E-state index contributed by atoms with van der Waals surface area (Å²) in [5.74, 6) is 0. The third kappa shape index (κ3) is 20.2. The average molecular weight is 188 g/mol. The van der Waals surface area contributed by atoms with E-state index in [1.165, 1.54) is 0 Å². The predicted octanol–water partition coefficient (Wildman–Crippen LogP) is -0.566. The summed E-state index contributed by atoms with van der Waals surface area (Å²) in [7, 11) is 0. The normalized spacial score (nSPS) is 3.14. The van der Waals surface area contributed by atoms with E-state index in [9.17, 15) is 0 Å². The Morgan fingerprint density at radius 2 is 1.43 bits per heavy atom. The zero-order valence-corrected chi connectivity index (χ0v) is 7.64. The summed E-state index contributed by atoms with van der Waals surface area (Å²) in [6, 6.07) is 0. The summed E-state index contributed by atoms with van der Waals surface area (Å²) < 4.78 is 0. The summed E-state index contributed by atoms with van der Waals surface area (Å²) in [6.07, 6.45) is 0. The first-order valence-electron chi connectivity index (χ1n) is 0.855. The summed E-state index contributed by atoms with van der Waals surface area (Å²) >= 11 is -0.431. The molecule has 0 aromatic carbocycles. The van der Waals surface area contributed by atoms with Gasteiger partial charge in [0.05, 0.1) is 0 Å². The molecule has 0 fully saturated rings. The van der Waals surface area contributed by atoms with Crippen LogP contribution in [0.25, 0.3) is 0 Å². The SMILES string of the molecule is N.N#C[Se]C#N.[Ca]. The third-order valence-electron chi connectivity index (χ3n) is 0.0913. The van der Waals surface area contributed by atoms with E-state index >= 15 is 0 Å². The van der Waals surface area contributed by atoms with Crippen molar-refractivity contribution in [3.05, 3.63) is 0 Å². The van der Waals surface area contributed by atoms with Crippen molar-refractivity contribution in [1.29, 1.82) is 10.5 Å². The van der Waals surface area contributed by atoms with Gasteiger partial charge in [-0.2, -0.15) is 0 Å². The monoisotopic (exact) mass is 189 g/mol. The molecule has 2 radical (unpaired) electrons. The average Bonchev–Trinajstić information content (AvgIpc) is 1.41. The molecular formula is C2H3CaN3Se. The third-order valence-corrected chi connectivity index (χ3v) is 0.474. The van der Waals surface area contributed by atoms with Gasteiger partial charge < -0.3 is 6.15 Å². The number of nitriles is 2. The standard InChI is InChI=1S/C2N2Se.Ca.H3N/c3-1-5-2-4;;/h;;1H3. The smallest absolute Gasteiger partial charge is 0 e. The van der Waals surface area contributed by atoms with Gasteiger partial charge in [0.1, 0.15) is 0 Å². The zero-order valence-electron chi connectivity index (χ0n) is 3.72. The van der Waals surface area contributed by atoms with Crippen molar-refractivity contribution in [2.75, 3.05) is 0 Å². The van der Waals surface area contributed by atoms with Crippen LogP contribution >= 0.6 is 0 Å². The van der Waals surface area contributed by atoms with Crippen molar-refractivity contribution < 1.29 is 0 Å². The number of nitrogens with zero attached hydrogens (tertiary/aromatic N) is 2. The number of hydrogen-bond donors (Lipinski definition) is 1. The molecule has 0 bridgehead atoms. The van der Waals surface area contributed by atoms with E-state index < -0.39 is 15.0 Å². The van der Waals surface area contributed by atoms with Crippen LogP contribution in [-0.4, -0.2) is 52.7 Å². The molecule has 0 aromatic heterocycles. The largest absolute Gasteiger partial charge is 0 e. The van der Waals surface area contributed by atoms with E-state index in [0.29, 0.717) is 0 Å². The summed E-state index contributed by atoms with van der Waals surface area (Å²) in [6.45, 7) is 0. The Bertz CT molecular complexity index is 78.1. The fourth-order valence-corrected chi connectivity index (χ4v) is 0.106. The van der Waals surface area contributed by atoms with Crippen molar-refractivity contribution in [2.45, 2.75) is 0 Å². The molecule has 0 amide bonds. The molecule has 0 spiro atoms. The van der Waals surface area contributed by atoms with Crippen LogP contribution in [0.2, 0.25) is 0 Å². The van der Waals surface area contributed by atoms with Crippen LogP contribution in [0.1, 0.15) is 0 Å². The van der Waals surface area contributed by atoms with Crippen LogP contribution in [0.4, 0.5) is 0 Å². The molecule has 3 nitrogen and oxygen atoms in total. The van der Waals surface area contributed by atoms with Gasteiger partial charge in [-0.15, -0.1) is 0 Å². The molecule has 34 valence electrons. The summed E-state index contributed by atoms with van der Waals surface area (Å²) in [5.41, 5.74) is 0. The Balaban J connectivity index is -0.0000000800. The molecule has 5 heteroatoms. The minimum atomic E-state index is -0.431. The maximum Gasteiger partial charge on any atom is 0 e. The van der Waals surface area contributed by atoms with Crippen molar-refractivity contribution >= 4 is 52.7 Å². The molecule has 0 aliphatic heterocycles. The second kappa shape index (κ2) is 15.9. The van der Waals surface area contributed by atoms with Gasteiger partial charge >= 0.3 is 35.4 Å². The molecule has 0 rings (SSSR count). The molecule has 0 atom stereocenters. The topological polar surface area (TPSA) is 82.6 Å². The van der Waals surface area contributed by atoms with Crippen LogP contribution in [0.5, 0.6) is 0 Å². The quantitative estimate of drug-likeness (QED) is 0.517. The molecule has 0 saturated carbocycles. The van der Waals surface area contributed by atoms with Crippen molar-refractivity contribution in [3.63, 3.8) is 0 Å². The maximum absolute atomic E-state index is 7.62.